The van der Waals surface area contributed by atoms with Crippen molar-refractivity contribution < 1.29 is 9.53 Å². The van der Waals surface area contributed by atoms with Crippen molar-refractivity contribution in [3.8, 4) is 17.1 Å². The molecule has 2 N–H and O–H groups in total. The number of carbonyl (C=O) groups is 1. The van der Waals surface area contributed by atoms with Crippen molar-refractivity contribution >= 4 is 17.7 Å². The van der Waals surface area contributed by atoms with Crippen LogP contribution in [0.15, 0.2) is 29.4 Å². The Balaban J connectivity index is 1.94. The highest BCUT2D eigenvalue weighted by molar-refractivity contribution is 7.99. The number of thioether (sulfide) groups is 1. The van der Waals surface area contributed by atoms with Crippen LogP contribution in [0.1, 0.15) is 45.1 Å². The number of benzene rings is 1. The Hall–Kier alpha value is -2.02. The predicted octanol–water partition coefficient (Wildman–Crippen LogP) is 3.67. The van der Waals surface area contributed by atoms with E-state index in [2.05, 4.69) is 21.7 Å². The molecule has 1 aliphatic rings. The van der Waals surface area contributed by atoms with E-state index in [4.69, 9.17) is 10.5 Å². The molecule has 0 unspecified atom stereocenters. The smallest absolute Gasteiger partial charge is 0.218 e. The maximum atomic E-state index is 11.1. The van der Waals surface area contributed by atoms with Crippen LogP contribution in [0.5, 0.6) is 5.75 Å². The minimum Gasteiger partial charge on any atom is -0.497 e. The summed E-state index contributed by atoms with van der Waals surface area (Å²) in [6.45, 7) is 2.31. The molecule has 1 aliphatic carbocycles. The van der Waals surface area contributed by atoms with Crippen LogP contribution in [0, 0.1) is 5.92 Å². The fourth-order valence-corrected chi connectivity index (χ4v) is 4.48. The van der Waals surface area contributed by atoms with Crippen LogP contribution in [0.3, 0.4) is 0 Å². The van der Waals surface area contributed by atoms with E-state index in [0.29, 0.717) is 24.1 Å². The number of ether oxygens (including phenoxy) is 1. The number of nitrogens with zero attached hydrogens (tertiary/aromatic N) is 3. The van der Waals surface area contributed by atoms with Crippen LogP contribution in [0.25, 0.3) is 11.4 Å². The van der Waals surface area contributed by atoms with E-state index >= 15 is 0 Å². The molecule has 1 saturated carbocycles. The number of nitrogens with two attached hydrogens (primary N) is 1. The molecule has 2 aromatic rings. The second-order valence-electron chi connectivity index (χ2n) is 6.80. The first-order chi connectivity index (χ1) is 12.6. The van der Waals surface area contributed by atoms with Crippen molar-refractivity contribution in [2.24, 2.45) is 11.7 Å². The van der Waals surface area contributed by atoms with Crippen molar-refractivity contribution in [2.75, 3.05) is 12.9 Å². The molecule has 1 amide bonds. The average molecular weight is 375 g/mol. The lowest BCUT2D eigenvalue weighted by atomic mass is 9.85. The number of amides is 1. The Labute approximate surface area is 158 Å². The van der Waals surface area contributed by atoms with Crippen LogP contribution in [-0.2, 0) is 4.79 Å². The van der Waals surface area contributed by atoms with Crippen LogP contribution in [0.2, 0.25) is 0 Å². The van der Waals surface area contributed by atoms with E-state index in [1.807, 2.05) is 24.3 Å². The van der Waals surface area contributed by atoms with Gasteiger partial charge in [-0.25, -0.2) is 0 Å². The number of rotatable bonds is 7. The highest BCUT2D eigenvalue weighted by atomic mass is 32.2. The number of hydrogen-bond donors (Lipinski definition) is 1. The number of hydrogen-bond acceptors (Lipinski definition) is 5. The van der Waals surface area contributed by atoms with E-state index in [1.54, 1.807) is 18.9 Å². The third-order valence-electron chi connectivity index (χ3n) is 4.99. The van der Waals surface area contributed by atoms with Gasteiger partial charge in [0, 0.05) is 23.8 Å². The van der Waals surface area contributed by atoms with Gasteiger partial charge in [0.15, 0.2) is 11.0 Å². The SMILES string of the molecule is COc1ccc(-c2nnc(SCCC(N)=O)n2[C@H]2CCCC[C@@H]2C)cc1. The summed E-state index contributed by atoms with van der Waals surface area (Å²) >= 11 is 1.56. The zero-order valence-electron chi connectivity index (χ0n) is 15.4. The van der Waals surface area contributed by atoms with Gasteiger partial charge in [-0.2, -0.15) is 0 Å². The van der Waals surface area contributed by atoms with Crippen LogP contribution < -0.4 is 10.5 Å². The molecule has 3 rings (SSSR count). The van der Waals surface area contributed by atoms with Gasteiger partial charge >= 0.3 is 0 Å². The molecular formula is C19H26N4O2S. The molecule has 0 spiro atoms. The quantitative estimate of drug-likeness (QED) is 0.748. The summed E-state index contributed by atoms with van der Waals surface area (Å²) in [6, 6.07) is 8.30. The van der Waals surface area contributed by atoms with Gasteiger partial charge < -0.3 is 10.5 Å². The Morgan fingerprint density at radius 3 is 2.65 bits per heavy atom. The van der Waals surface area contributed by atoms with Gasteiger partial charge in [-0.1, -0.05) is 31.5 Å². The highest BCUT2D eigenvalue weighted by Gasteiger charge is 2.28. The molecular weight excluding hydrogens is 348 g/mol. The average Bonchev–Trinajstić information content (AvgIpc) is 3.05. The zero-order chi connectivity index (χ0) is 18.5. The van der Waals surface area contributed by atoms with Crippen molar-refractivity contribution in [1.82, 2.24) is 14.8 Å². The minimum atomic E-state index is -0.287. The van der Waals surface area contributed by atoms with Crippen molar-refractivity contribution in [1.29, 1.82) is 0 Å². The molecule has 1 aromatic heterocycles. The summed E-state index contributed by atoms with van der Waals surface area (Å²) in [5, 5.41) is 9.79. The van der Waals surface area contributed by atoms with Gasteiger partial charge in [-0.3, -0.25) is 9.36 Å². The summed E-state index contributed by atoms with van der Waals surface area (Å²) < 4.78 is 7.53. The maximum absolute atomic E-state index is 11.1. The standard InChI is InChI=1S/C19H26N4O2S/c1-13-5-3-4-6-16(13)23-18(14-7-9-15(25-2)10-8-14)21-22-19(23)26-12-11-17(20)24/h7-10,13,16H,3-6,11-12H2,1-2H3,(H2,20,24)/t13-,16-/m0/s1. The van der Waals surface area contributed by atoms with Gasteiger partial charge in [0.2, 0.25) is 5.91 Å². The molecule has 1 heterocycles. The van der Waals surface area contributed by atoms with Gasteiger partial charge in [0.05, 0.1) is 7.11 Å². The van der Waals surface area contributed by atoms with Crippen molar-refractivity contribution in [3.63, 3.8) is 0 Å². The second-order valence-corrected chi connectivity index (χ2v) is 7.86. The molecule has 0 bridgehead atoms. The molecule has 26 heavy (non-hydrogen) atoms. The van der Waals surface area contributed by atoms with Crippen molar-refractivity contribution in [2.45, 2.75) is 50.2 Å². The normalized spacial score (nSPS) is 20.1. The van der Waals surface area contributed by atoms with E-state index in [9.17, 15) is 4.79 Å². The van der Waals surface area contributed by atoms with Crippen molar-refractivity contribution in [3.05, 3.63) is 24.3 Å². The summed E-state index contributed by atoms with van der Waals surface area (Å²) in [6.07, 6.45) is 5.19. The Morgan fingerprint density at radius 2 is 2.00 bits per heavy atom. The predicted molar refractivity (Wildman–Crippen MR) is 103 cm³/mol. The molecule has 0 radical (unpaired) electrons. The van der Waals surface area contributed by atoms with E-state index in [1.165, 1.54) is 19.3 Å². The van der Waals surface area contributed by atoms with Gasteiger partial charge in [0.25, 0.3) is 0 Å². The number of carbonyl (C=O) groups excluding carboxylic acids is 1. The van der Waals surface area contributed by atoms with E-state index in [-0.39, 0.29) is 5.91 Å². The third-order valence-corrected chi connectivity index (χ3v) is 5.94. The lowest BCUT2D eigenvalue weighted by molar-refractivity contribution is -0.117. The van der Waals surface area contributed by atoms with Crippen LogP contribution in [-0.4, -0.2) is 33.5 Å². The number of methoxy groups -OCH3 is 1. The molecule has 0 saturated heterocycles. The second kappa shape index (κ2) is 8.58. The molecule has 2 atom stereocenters. The van der Waals surface area contributed by atoms with Crippen LogP contribution >= 0.6 is 11.8 Å². The monoisotopic (exact) mass is 374 g/mol. The lowest BCUT2D eigenvalue weighted by Crippen LogP contribution is -2.22. The molecule has 140 valence electrons. The largest absolute Gasteiger partial charge is 0.497 e. The Bertz CT molecular complexity index is 744. The number of primary amides is 1. The third kappa shape index (κ3) is 4.20. The zero-order valence-corrected chi connectivity index (χ0v) is 16.2. The Kier molecular flexibility index (Phi) is 6.19. The van der Waals surface area contributed by atoms with Gasteiger partial charge in [-0.15, -0.1) is 10.2 Å². The Morgan fingerprint density at radius 1 is 1.27 bits per heavy atom. The van der Waals surface area contributed by atoms with E-state index < -0.39 is 0 Å². The fourth-order valence-electron chi connectivity index (χ4n) is 3.53. The molecule has 7 heteroatoms. The first-order valence-corrected chi connectivity index (χ1v) is 10.1. The number of aromatic nitrogens is 3. The maximum Gasteiger partial charge on any atom is 0.218 e. The summed E-state index contributed by atoms with van der Waals surface area (Å²) in [7, 11) is 1.66. The van der Waals surface area contributed by atoms with E-state index in [0.717, 1.165) is 28.7 Å². The summed E-state index contributed by atoms with van der Waals surface area (Å²) in [5.41, 5.74) is 6.30. The topological polar surface area (TPSA) is 83.0 Å². The molecule has 1 aromatic carbocycles. The molecule has 0 aliphatic heterocycles. The molecule has 1 fully saturated rings. The first-order valence-electron chi connectivity index (χ1n) is 9.10. The van der Waals surface area contributed by atoms with Gasteiger partial charge in [0.1, 0.15) is 5.75 Å². The lowest BCUT2D eigenvalue weighted by Gasteiger charge is -2.31. The first kappa shape index (κ1) is 18.8. The molecule has 6 nitrogen and oxygen atoms in total. The summed E-state index contributed by atoms with van der Waals surface area (Å²) in [4.78, 5) is 11.1. The highest BCUT2D eigenvalue weighted by Crippen LogP contribution is 2.39. The minimum absolute atomic E-state index is 0.287. The fraction of sp³-hybridized carbons (Fsp3) is 0.526. The van der Waals surface area contributed by atoms with Gasteiger partial charge in [-0.05, 0) is 43.0 Å². The van der Waals surface area contributed by atoms with Crippen LogP contribution in [0.4, 0.5) is 0 Å². The summed E-state index contributed by atoms with van der Waals surface area (Å²) in [5.74, 6) is 2.61.